The van der Waals surface area contributed by atoms with E-state index in [0.717, 1.165) is 0 Å². The molecular formula is CK3O5P. The number of hydrogen-bond donors (Lipinski definition) is 0. The second-order valence-electron chi connectivity index (χ2n) is 0.763. The summed E-state index contributed by atoms with van der Waals surface area (Å²) >= 11 is 0. The molecule has 0 aromatic heterocycles. The van der Waals surface area contributed by atoms with Gasteiger partial charge >= 0.3 is 154 Å². The minimum atomic E-state index is -5.43. The SMILES string of the molecule is O=C([O-])P(=O)([O-])[O-].[K+].[K+].[K+]. The van der Waals surface area contributed by atoms with Crippen molar-refractivity contribution in [1.82, 2.24) is 0 Å². The standard InChI is InChI=1S/CH3O5P.3K/c2-1(3)7(4,5)6;;;/h(H,2,3)(H2,4,5,6);;;/q;3*+1/p-3. The van der Waals surface area contributed by atoms with Crippen LogP contribution in [-0.4, -0.2) is 5.71 Å². The summed E-state index contributed by atoms with van der Waals surface area (Å²) in [7, 11) is -5.43. The zero-order chi connectivity index (χ0) is 6.08. The van der Waals surface area contributed by atoms with Gasteiger partial charge in [0, 0.05) is 0 Å². The molecule has 5 nitrogen and oxygen atoms in total. The van der Waals surface area contributed by atoms with E-state index in [0.29, 0.717) is 0 Å². The summed E-state index contributed by atoms with van der Waals surface area (Å²) in [5, 5.41) is 9.02. The van der Waals surface area contributed by atoms with E-state index < -0.39 is 13.3 Å². The van der Waals surface area contributed by atoms with Gasteiger partial charge in [-0.15, -0.1) is 0 Å². The first-order valence-electron chi connectivity index (χ1n) is 1.18. The second-order valence-corrected chi connectivity index (χ2v) is 2.12. The van der Waals surface area contributed by atoms with Crippen molar-refractivity contribution in [2.24, 2.45) is 0 Å². The number of carbonyl (C=O) groups excluding carboxylic acids is 1. The molecule has 0 atom stereocenters. The zero-order valence-electron chi connectivity index (χ0n) is 5.99. The maximum Gasteiger partial charge on any atom is 1.00 e. The topological polar surface area (TPSA) is 103 Å². The van der Waals surface area contributed by atoms with Crippen LogP contribution in [0.4, 0.5) is 4.79 Å². The third kappa shape index (κ3) is 15.0. The first-order valence-corrected chi connectivity index (χ1v) is 2.72. The van der Waals surface area contributed by atoms with Gasteiger partial charge in [0.2, 0.25) is 0 Å². The molecule has 0 aliphatic rings. The third-order valence-electron chi connectivity index (χ3n) is 0.224. The summed E-state index contributed by atoms with van der Waals surface area (Å²) in [5.74, 6) is 0. The predicted molar refractivity (Wildman–Crippen MR) is 13.0 cm³/mol. The summed E-state index contributed by atoms with van der Waals surface area (Å²) in [5.41, 5.74) is -2.56. The Bertz CT molecular complexity index is 129. The van der Waals surface area contributed by atoms with Crippen molar-refractivity contribution in [2.75, 3.05) is 0 Å². The van der Waals surface area contributed by atoms with E-state index in [1.165, 1.54) is 0 Å². The quantitative estimate of drug-likeness (QED) is 0.334. The van der Waals surface area contributed by atoms with Crippen molar-refractivity contribution in [2.45, 2.75) is 0 Å². The Balaban J connectivity index is -0.0000000600. The molecule has 0 rings (SSSR count). The zero-order valence-corrected chi connectivity index (χ0v) is 16.3. The molecule has 9 heteroatoms. The summed E-state index contributed by atoms with van der Waals surface area (Å²) in [6.45, 7) is 0. The fourth-order valence-corrected chi connectivity index (χ4v) is 0. The van der Waals surface area contributed by atoms with Gasteiger partial charge in [0.15, 0.2) is 0 Å². The van der Waals surface area contributed by atoms with Crippen LogP contribution < -0.4 is 169 Å². The van der Waals surface area contributed by atoms with Crippen LogP contribution in [0.5, 0.6) is 0 Å². The average Bonchev–Trinajstić information content (AvgIpc) is 1.31. The Hall–Kier alpha value is 4.53. The van der Waals surface area contributed by atoms with Crippen LogP contribution in [0.25, 0.3) is 0 Å². The van der Waals surface area contributed by atoms with E-state index in [1.807, 2.05) is 0 Å². The molecule has 0 spiro atoms. The smallest absolute Gasteiger partial charge is 0.807 e. The van der Waals surface area contributed by atoms with Gasteiger partial charge in [-0.2, -0.15) is 0 Å². The van der Waals surface area contributed by atoms with Gasteiger partial charge in [0.1, 0.15) is 0 Å². The van der Waals surface area contributed by atoms with E-state index in [-0.39, 0.29) is 154 Å². The molecule has 0 aromatic rings. The van der Waals surface area contributed by atoms with E-state index in [9.17, 15) is 0 Å². The molecular weight excluding hydrogens is 240 g/mol. The van der Waals surface area contributed by atoms with Crippen molar-refractivity contribution in [3.8, 4) is 0 Å². The third-order valence-corrected chi connectivity index (χ3v) is 0.671. The van der Waals surface area contributed by atoms with Crippen LogP contribution in [0.15, 0.2) is 0 Å². The molecule has 0 amide bonds. The van der Waals surface area contributed by atoms with Crippen molar-refractivity contribution < 1.29 is 178 Å². The van der Waals surface area contributed by atoms with E-state index in [2.05, 4.69) is 0 Å². The fraction of sp³-hybridized carbons (Fsp3) is 0. The molecule has 0 saturated carbocycles. The molecule has 0 N–H and O–H groups in total. The predicted octanol–water partition coefficient (Wildman–Crippen LogP) is -11.7. The van der Waals surface area contributed by atoms with Gasteiger partial charge in [0.25, 0.3) is 0 Å². The monoisotopic (exact) mass is 240 g/mol. The summed E-state index contributed by atoms with van der Waals surface area (Å²) < 4.78 is 9.14. The molecule has 0 unspecified atom stereocenters. The molecule has 42 valence electrons. The van der Waals surface area contributed by atoms with Gasteiger partial charge in [-0.25, -0.2) is 0 Å². The minimum absolute atomic E-state index is 0. The molecule has 0 heterocycles. The molecule has 0 aromatic carbocycles. The first-order chi connectivity index (χ1) is 2.94. The second kappa shape index (κ2) is 11.6. The molecule has 0 aliphatic heterocycles. The number of carbonyl (C=O) groups is 1. The number of carboxylic acid groups (broad SMARTS) is 1. The Morgan fingerprint density at radius 1 is 1.10 bits per heavy atom. The average molecular weight is 240 g/mol. The fourth-order valence-electron chi connectivity index (χ4n) is 0. The Morgan fingerprint density at radius 3 is 1.20 bits per heavy atom. The Kier molecular flexibility index (Phi) is 27.8. The molecule has 0 fully saturated rings. The largest absolute Gasteiger partial charge is 1.00 e. The van der Waals surface area contributed by atoms with Gasteiger partial charge in [-0.3, -0.25) is 0 Å². The van der Waals surface area contributed by atoms with E-state index >= 15 is 0 Å². The van der Waals surface area contributed by atoms with Crippen LogP contribution in [0, 0.1) is 0 Å². The summed E-state index contributed by atoms with van der Waals surface area (Å²) in [6.07, 6.45) is 0. The van der Waals surface area contributed by atoms with Crippen molar-refractivity contribution in [1.29, 1.82) is 0 Å². The van der Waals surface area contributed by atoms with Gasteiger partial charge in [-0.1, -0.05) is 0 Å². The molecule has 0 bridgehead atoms. The molecule has 0 aliphatic carbocycles. The summed E-state index contributed by atoms with van der Waals surface area (Å²) in [4.78, 5) is 27.3. The Labute approximate surface area is 186 Å². The van der Waals surface area contributed by atoms with Crippen LogP contribution in [0.1, 0.15) is 0 Å². The molecule has 0 radical (unpaired) electrons. The van der Waals surface area contributed by atoms with Crippen LogP contribution >= 0.6 is 7.60 Å². The van der Waals surface area contributed by atoms with E-state index in [1.54, 1.807) is 0 Å². The molecule has 0 saturated heterocycles. The molecule has 10 heavy (non-hydrogen) atoms. The normalized spacial score (nSPS) is 7.80. The summed E-state index contributed by atoms with van der Waals surface area (Å²) in [6, 6.07) is 0. The van der Waals surface area contributed by atoms with E-state index in [4.69, 9.17) is 24.3 Å². The van der Waals surface area contributed by atoms with Crippen molar-refractivity contribution in [3.05, 3.63) is 0 Å². The first kappa shape index (κ1) is 24.0. The number of hydrogen-bond acceptors (Lipinski definition) is 5. The van der Waals surface area contributed by atoms with Gasteiger partial charge in [0.05, 0.1) is 5.71 Å². The van der Waals surface area contributed by atoms with Crippen LogP contribution in [0.3, 0.4) is 0 Å². The maximum absolute atomic E-state index is 9.14. The van der Waals surface area contributed by atoms with Crippen LogP contribution in [-0.2, 0) is 4.57 Å². The Morgan fingerprint density at radius 2 is 1.20 bits per heavy atom. The van der Waals surface area contributed by atoms with Gasteiger partial charge < -0.3 is 24.3 Å². The maximum atomic E-state index is 9.14. The van der Waals surface area contributed by atoms with Crippen LogP contribution in [0.2, 0.25) is 0 Å². The van der Waals surface area contributed by atoms with Crippen molar-refractivity contribution in [3.63, 3.8) is 0 Å². The minimum Gasteiger partial charge on any atom is -0.807 e. The van der Waals surface area contributed by atoms with Gasteiger partial charge in [-0.05, 0) is 7.60 Å². The van der Waals surface area contributed by atoms with Crippen molar-refractivity contribution >= 4 is 13.3 Å². The number of rotatable bonds is 1.